The van der Waals surface area contributed by atoms with E-state index in [-0.39, 0.29) is 23.4 Å². The predicted octanol–water partition coefficient (Wildman–Crippen LogP) is 2.83. The summed E-state index contributed by atoms with van der Waals surface area (Å²) >= 11 is 1.67. The molecule has 1 heterocycles. The SMILES string of the molecule is CC(NC(=O)C1CCCCC1(C)N)c1cccs1. The highest BCUT2D eigenvalue weighted by Crippen LogP contribution is 2.32. The van der Waals surface area contributed by atoms with E-state index in [9.17, 15) is 4.79 Å². The lowest BCUT2D eigenvalue weighted by Crippen LogP contribution is -2.53. The van der Waals surface area contributed by atoms with Gasteiger partial charge in [-0.05, 0) is 38.1 Å². The summed E-state index contributed by atoms with van der Waals surface area (Å²) in [6, 6.07) is 4.14. The summed E-state index contributed by atoms with van der Waals surface area (Å²) in [5.74, 6) is 0.0641. The molecule has 1 aliphatic carbocycles. The molecule has 1 aliphatic rings. The highest BCUT2D eigenvalue weighted by Gasteiger charge is 2.38. The third-order valence-electron chi connectivity index (χ3n) is 3.90. The van der Waals surface area contributed by atoms with E-state index in [4.69, 9.17) is 5.73 Å². The molecule has 1 fully saturated rings. The van der Waals surface area contributed by atoms with Crippen LogP contribution in [0.15, 0.2) is 17.5 Å². The smallest absolute Gasteiger partial charge is 0.225 e. The first-order valence-electron chi connectivity index (χ1n) is 6.63. The highest BCUT2D eigenvalue weighted by atomic mass is 32.1. The van der Waals surface area contributed by atoms with Crippen LogP contribution in [0.25, 0.3) is 0 Å². The molecule has 0 aromatic carbocycles. The van der Waals surface area contributed by atoms with Gasteiger partial charge in [-0.25, -0.2) is 0 Å². The molecule has 1 aromatic rings. The van der Waals surface area contributed by atoms with Crippen molar-refractivity contribution in [3.8, 4) is 0 Å². The molecule has 2 rings (SSSR count). The zero-order valence-electron chi connectivity index (χ0n) is 11.1. The molecule has 1 amide bonds. The molecular weight excluding hydrogens is 244 g/mol. The van der Waals surface area contributed by atoms with Gasteiger partial charge in [0, 0.05) is 10.4 Å². The van der Waals surface area contributed by atoms with Crippen molar-refractivity contribution in [1.29, 1.82) is 0 Å². The van der Waals surface area contributed by atoms with E-state index in [1.54, 1.807) is 11.3 Å². The minimum absolute atomic E-state index is 0.0475. The van der Waals surface area contributed by atoms with Gasteiger partial charge in [-0.1, -0.05) is 18.9 Å². The Bertz CT molecular complexity index is 400. The van der Waals surface area contributed by atoms with E-state index in [0.717, 1.165) is 25.7 Å². The van der Waals surface area contributed by atoms with Gasteiger partial charge < -0.3 is 11.1 Å². The number of hydrogen-bond donors (Lipinski definition) is 2. The number of hydrogen-bond acceptors (Lipinski definition) is 3. The van der Waals surface area contributed by atoms with Crippen LogP contribution in [0.1, 0.15) is 50.4 Å². The monoisotopic (exact) mass is 266 g/mol. The van der Waals surface area contributed by atoms with Crippen LogP contribution in [0.4, 0.5) is 0 Å². The Balaban J connectivity index is 1.99. The number of nitrogens with two attached hydrogens (primary N) is 1. The molecule has 1 aromatic heterocycles. The van der Waals surface area contributed by atoms with Gasteiger partial charge in [0.1, 0.15) is 0 Å². The minimum Gasteiger partial charge on any atom is -0.348 e. The van der Waals surface area contributed by atoms with Crippen molar-refractivity contribution in [2.45, 2.75) is 51.1 Å². The lowest BCUT2D eigenvalue weighted by atomic mass is 9.74. The molecule has 3 atom stereocenters. The summed E-state index contributed by atoms with van der Waals surface area (Å²) in [5, 5.41) is 5.13. The molecule has 3 unspecified atom stereocenters. The highest BCUT2D eigenvalue weighted by molar-refractivity contribution is 7.10. The molecule has 3 nitrogen and oxygen atoms in total. The summed E-state index contributed by atoms with van der Waals surface area (Å²) < 4.78 is 0. The zero-order chi connectivity index (χ0) is 13.2. The molecule has 0 radical (unpaired) electrons. The van der Waals surface area contributed by atoms with E-state index in [1.807, 2.05) is 25.3 Å². The maximum absolute atomic E-state index is 12.3. The molecule has 3 N–H and O–H groups in total. The Labute approximate surface area is 113 Å². The summed E-state index contributed by atoms with van der Waals surface area (Å²) in [6.45, 7) is 4.03. The molecule has 1 saturated carbocycles. The van der Waals surface area contributed by atoms with Crippen molar-refractivity contribution < 1.29 is 4.79 Å². The molecule has 0 spiro atoms. The van der Waals surface area contributed by atoms with Crippen molar-refractivity contribution >= 4 is 17.2 Å². The normalized spacial score (nSPS) is 29.8. The fourth-order valence-corrected chi connectivity index (χ4v) is 3.45. The molecule has 0 aliphatic heterocycles. The van der Waals surface area contributed by atoms with Crippen LogP contribution >= 0.6 is 11.3 Å². The Morgan fingerprint density at radius 3 is 3.00 bits per heavy atom. The van der Waals surface area contributed by atoms with E-state index in [1.165, 1.54) is 4.88 Å². The van der Waals surface area contributed by atoms with Gasteiger partial charge in [-0.15, -0.1) is 11.3 Å². The van der Waals surface area contributed by atoms with Gasteiger partial charge in [-0.2, -0.15) is 0 Å². The first kappa shape index (κ1) is 13.6. The number of thiophene rings is 1. The number of nitrogens with one attached hydrogen (secondary N) is 1. The zero-order valence-corrected chi connectivity index (χ0v) is 11.9. The second-order valence-electron chi connectivity index (χ2n) is 5.55. The van der Waals surface area contributed by atoms with Crippen molar-refractivity contribution in [3.63, 3.8) is 0 Å². The molecule has 100 valence electrons. The van der Waals surface area contributed by atoms with Gasteiger partial charge in [0.25, 0.3) is 0 Å². The summed E-state index contributed by atoms with van der Waals surface area (Å²) in [6.07, 6.45) is 4.10. The molecular formula is C14H22N2OS. The first-order chi connectivity index (χ1) is 8.50. The molecule has 18 heavy (non-hydrogen) atoms. The van der Waals surface area contributed by atoms with Gasteiger partial charge >= 0.3 is 0 Å². The van der Waals surface area contributed by atoms with Crippen LogP contribution < -0.4 is 11.1 Å². The Kier molecular flexibility index (Phi) is 4.07. The lowest BCUT2D eigenvalue weighted by Gasteiger charge is -2.37. The molecule has 0 bridgehead atoms. The lowest BCUT2D eigenvalue weighted by molar-refractivity contribution is -0.128. The fourth-order valence-electron chi connectivity index (χ4n) is 2.71. The van der Waals surface area contributed by atoms with Gasteiger partial charge in [0.05, 0.1) is 12.0 Å². The Morgan fingerprint density at radius 2 is 2.39 bits per heavy atom. The molecule has 4 heteroatoms. The summed E-state index contributed by atoms with van der Waals surface area (Å²) in [4.78, 5) is 13.5. The van der Waals surface area contributed by atoms with Crippen molar-refractivity contribution in [1.82, 2.24) is 5.32 Å². The minimum atomic E-state index is -0.350. The quantitative estimate of drug-likeness (QED) is 0.884. The number of amides is 1. The number of carbonyl (C=O) groups excluding carboxylic acids is 1. The van der Waals surface area contributed by atoms with Crippen LogP contribution in [0.3, 0.4) is 0 Å². The average Bonchev–Trinajstić information content (AvgIpc) is 2.81. The topological polar surface area (TPSA) is 55.1 Å². The fraction of sp³-hybridized carbons (Fsp3) is 0.643. The average molecular weight is 266 g/mol. The van der Waals surface area contributed by atoms with Crippen LogP contribution in [0.2, 0.25) is 0 Å². The first-order valence-corrected chi connectivity index (χ1v) is 7.51. The van der Waals surface area contributed by atoms with Gasteiger partial charge in [0.15, 0.2) is 0 Å². The van der Waals surface area contributed by atoms with Crippen LogP contribution in [0.5, 0.6) is 0 Å². The Hall–Kier alpha value is -0.870. The largest absolute Gasteiger partial charge is 0.348 e. The third kappa shape index (κ3) is 2.93. The number of rotatable bonds is 3. The van der Waals surface area contributed by atoms with E-state index in [2.05, 4.69) is 11.4 Å². The van der Waals surface area contributed by atoms with Crippen molar-refractivity contribution in [3.05, 3.63) is 22.4 Å². The van der Waals surface area contributed by atoms with E-state index in [0.29, 0.717) is 0 Å². The van der Waals surface area contributed by atoms with Crippen LogP contribution in [-0.4, -0.2) is 11.4 Å². The van der Waals surface area contributed by atoms with Crippen LogP contribution in [-0.2, 0) is 4.79 Å². The number of carbonyl (C=O) groups is 1. The second-order valence-corrected chi connectivity index (χ2v) is 6.53. The third-order valence-corrected chi connectivity index (χ3v) is 4.95. The summed E-state index contributed by atoms with van der Waals surface area (Å²) in [7, 11) is 0. The van der Waals surface area contributed by atoms with E-state index >= 15 is 0 Å². The predicted molar refractivity (Wildman–Crippen MR) is 75.4 cm³/mol. The van der Waals surface area contributed by atoms with Gasteiger partial charge in [0.2, 0.25) is 5.91 Å². The van der Waals surface area contributed by atoms with Crippen LogP contribution in [0, 0.1) is 5.92 Å². The standard InChI is InChI=1S/C14H22N2OS/c1-10(12-7-5-9-18-12)16-13(17)11-6-3-4-8-14(11,2)15/h5,7,9-11H,3-4,6,8,15H2,1-2H3,(H,16,17). The van der Waals surface area contributed by atoms with Crippen molar-refractivity contribution in [2.24, 2.45) is 11.7 Å². The second kappa shape index (κ2) is 5.41. The van der Waals surface area contributed by atoms with Gasteiger partial charge in [-0.3, -0.25) is 4.79 Å². The summed E-state index contributed by atoms with van der Waals surface area (Å²) in [5.41, 5.74) is 5.91. The maximum Gasteiger partial charge on any atom is 0.225 e. The van der Waals surface area contributed by atoms with Crippen molar-refractivity contribution in [2.75, 3.05) is 0 Å². The molecule has 0 saturated heterocycles. The maximum atomic E-state index is 12.3. The Morgan fingerprint density at radius 1 is 1.61 bits per heavy atom. The van der Waals surface area contributed by atoms with E-state index < -0.39 is 0 Å².